The summed E-state index contributed by atoms with van der Waals surface area (Å²) in [7, 11) is 1.63. The zero-order valence-corrected chi connectivity index (χ0v) is 22.5. The molecule has 1 aliphatic rings. The Balaban J connectivity index is 1.52. The number of hydrogen-bond donors (Lipinski definition) is 1. The molecule has 4 aromatic rings. The lowest BCUT2D eigenvalue weighted by molar-refractivity contribution is 0.102. The van der Waals surface area contributed by atoms with Crippen LogP contribution in [0.4, 0.5) is 5.00 Å². The Labute approximate surface area is 222 Å². The van der Waals surface area contributed by atoms with Gasteiger partial charge in [0.25, 0.3) is 5.91 Å². The highest BCUT2D eigenvalue weighted by Crippen LogP contribution is 2.45. The molecule has 0 fully saturated rings. The fraction of sp³-hybridized carbons (Fsp3) is 0.323. The smallest absolute Gasteiger partial charge is 0.257 e. The van der Waals surface area contributed by atoms with Crippen molar-refractivity contribution in [2.75, 3.05) is 12.4 Å². The fourth-order valence-corrected chi connectivity index (χ4v) is 6.48. The number of nitrogens with one attached hydrogen (secondary N) is 1. The number of hydrogen-bond acceptors (Lipinski definition) is 5. The Morgan fingerprint density at radius 2 is 2.03 bits per heavy atom. The zero-order chi connectivity index (χ0) is 26.2. The molecule has 0 saturated heterocycles. The number of pyridine rings is 1. The number of ether oxygens (including phenoxy) is 1. The summed E-state index contributed by atoms with van der Waals surface area (Å²) in [6.07, 6.45) is 4.05. The van der Waals surface area contributed by atoms with Gasteiger partial charge in [-0.2, -0.15) is 5.26 Å². The van der Waals surface area contributed by atoms with E-state index in [-0.39, 0.29) is 11.3 Å². The summed E-state index contributed by atoms with van der Waals surface area (Å²) in [6, 6.07) is 19.5. The molecule has 1 N–H and O–H groups in total. The first kappa shape index (κ1) is 25.0. The summed E-state index contributed by atoms with van der Waals surface area (Å²) in [5, 5.41) is 14.5. The van der Waals surface area contributed by atoms with Crippen LogP contribution >= 0.6 is 11.3 Å². The summed E-state index contributed by atoms with van der Waals surface area (Å²) in [6.45, 7) is 6.91. The predicted octanol–water partition coefficient (Wildman–Crippen LogP) is 7.64. The molecule has 0 aliphatic heterocycles. The number of nitriles is 1. The van der Waals surface area contributed by atoms with E-state index in [1.54, 1.807) is 18.4 Å². The molecular weight excluding hydrogens is 478 g/mol. The second-order valence-electron chi connectivity index (χ2n) is 10.4. The minimum absolute atomic E-state index is 0.233. The molecule has 0 saturated carbocycles. The zero-order valence-electron chi connectivity index (χ0n) is 21.7. The van der Waals surface area contributed by atoms with Crippen LogP contribution in [0.2, 0.25) is 0 Å². The van der Waals surface area contributed by atoms with Gasteiger partial charge in [0.15, 0.2) is 0 Å². The van der Waals surface area contributed by atoms with Crippen molar-refractivity contribution in [3.8, 4) is 23.1 Å². The Morgan fingerprint density at radius 3 is 2.78 bits per heavy atom. The van der Waals surface area contributed by atoms with Gasteiger partial charge in [0.2, 0.25) is 0 Å². The SMILES string of the molecule is CCC(C)(C)C1CCc2c(sc(NC(=O)c3cc(-c4cccc(OC)c4)nc4ccccc34)c2C#N)C1. The van der Waals surface area contributed by atoms with Gasteiger partial charge in [-0.1, -0.05) is 57.5 Å². The van der Waals surface area contributed by atoms with Crippen molar-refractivity contribution >= 4 is 33.1 Å². The van der Waals surface area contributed by atoms with Crippen molar-refractivity contribution in [1.82, 2.24) is 4.98 Å². The summed E-state index contributed by atoms with van der Waals surface area (Å²) in [5.41, 5.74) is 4.82. The lowest BCUT2D eigenvalue weighted by Gasteiger charge is -2.36. The molecule has 0 radical (unpaired) electrons. The molecular formula is C31H31N3O2S. The van der Waals surface area contributed by atoms with Crippen LogP contribution in [0.25, 0.3) is 22.2 Å². The molecule has 0 bridgehead atoms. The standard InChI is InChI=1S/C31H31N3O2S/c1-5-31(2,3)20-13-14-23-25(18-32)30(37-28(23)16-20)34-29(35)24-17-27(19-9-8-10-21(15-19)36-4)33-26-12-7-6-11-22(24)26/h6-12,15,17,20H,5,13-14,16H2,1-4H3,(H,34,35). The predicted molar refractivity (Wildman–Crippen MR) is 150 cm³/mol. The van der Waals surface area contributed by atoms with Crippen molar-refractivity contribution < 1.29 is 9.53 Å². The van der Waals surface area contributed by atoms with Gasteiger partial charge in [-0.3, -0.25) is 4.79 Å². The van der Waals surface area contributed by atoms with Crippen LogP contribution in [0.3, 0.4) is 0 Å². The molecule has 1 aliphatic carbocycles. The van der Waals surface area contributed by atoms with Crippen molar-refractivity contribution in [2.45, 2.75) is 46.5 Å². The topological polar surface area (TPSA) is 75.0 Å². The third-order valence-corrected chi connectivity index (χ3v) is 9.12. The second kappa shape index (κ2) is 9.99. The van der Waals surface area contributed by atoms with E-state index in [1.165, 1.54) is 4.88 Å². The fourth-order valence-electron chi connectivity index (χ4n) is 5.21. The van der Waals surface area contributed by atoms with Gasteiger partial charge in [0, 0.05) is 15.8 Å². The van der Waals surface area contributed by atoms with E-state index >= 15 is 0 Å². The van der Waals surface area contributed by atoms with Crippen LogP contribution in [0.5, 0.6) is 5.75 Å². The van der Waals surface area contributed by atoms with E-state index in [2.05, 4.69) is 32.2 Å². The number of carbonyl (C=O) groups excluding carboxylic acids is 1. The largest absolute Gasteiger partial charge is 0.497 e. The molecule has 1 atom stereocenters. The van der Waals surface area contributed by atoms with Crippen molar-refractivity contribution in [3.63, 3.8) is 0 Å². The average molecular weight is 510 g/mol. The summed E-state index contributed by atoms with van der Waals surface area (Å²) < 4.78 is 5.39. The number of methoxy groups -OCH3 is 1. The number of para-hydroxylation sites is 1. The van der Waals surface area contributed by atoms with E-state index in [0.717, 1.165) is 53.5 Å². The third-order valence-electron chi connectivity index (χ3n) is 7.95. The maximum atomic E-state index is 13.7. The Hall–Kier alpha value is -3.69. The monoisotopic (exact) mass is 509 g/mol. The van der Waals surface area contributed by atoms with E-state index in [4.69, 9.17) is 9.72 Å². The van der Waals surface area contributed by atoms with Gasteiger partial charge < -0.3 is 10.1 Å². The number of amides is 1. The second-order valence-corrected chi connectivity index (χ2v) is 11.5. The highest BCUT2D eigenvalue weighted by Gasteiger charge is 2.34. The highest BCUT2D eigenvalue weighted by molar-refractivity contribution is 7.16. The molecule has 6 heteroatoms. The van der Waals surface area contributed by atoms with Crippen LogP contribution in [0, 0.1) is 22.7 Å². The Kier molecular flexibility index (Phi) is 6.74. The summed E-state index contributed by atoms with van der Waals surface area (Å²) in [4.78, 5) is 19.8. The van der Waals surface area contributed by atoms with E-state index in [0.29, 0.717) is 27.7 Å². The molecule has 1 amide bonds. The number of aromatic nitrogens is 1. The van der Waals surface area contributed by atoms with Crippen LogP contribution in [0.15, 0.2) is 54.6 Å². The van der Waals surface area contributed by atoms with Crippen molar-refractivity contribution in [1.29, 1.82) is 5.26 Å². The molecule has 5 rings (SSSR count). The molecule has 37 heavy (non-hydrogen) atoms. The van der Waals surface area contributed by atoms with Gasteiger partial charge in [-0.05, 0) is 60.4 Å². The lowest BCUT2D eigenvalue weighted by atomic mass is 9.69. The lowest BCUT2D eigenvalue weighted by Crippen LogP contribution is -2.28. The molecule has 2 heterocycles. The number of fused-ring (bicyclic) bond motifs is 2. The van der Waals surface area contributed by atoms with Gasteiger partial charge in [0.1, 0.15) is 16.8 Å². The first-order chi connectivity index (χ1) is 17.8. The number of thiophene rings is 1. The van der Waals surface area contributed by atoms with E-state index in [9.17, 15) is 10.1 Å². The van der Waals surface area contributed by atoms with Crippen molar-refractivity contribution in [3.05, 3.63) is 76.2 Å². The van der Waals surface area contributed by atoms with Crippen LogP contribution in [0.1, 0.15) is 60.0 Å². The van der Waals surface area contributed by atoms with Crippen molar-refractivity contribution in [2.24, 2.45) is 11.3 Å². The highest BCUT2D eigenvalue weighted by atomic mass is 32.1. The molecule has 2 aromatic heterocycles. The van der Waals surface area contributed by atoms with Crippen LogP contribution < -0.4 is 10.1 Å². The van der Waals surface area contributed by atoms with Gasteiger partial charge >= 0.3 is 0 Å². The molecule has 2 aromatic carbocycles. The maximum absolute atomic E-state index is 13.7. The number of rotatable bonds is 6. The van der Waals surface area contributed by atoms with Gasteiger partial charge in [-0.15, -0.1) is 11.3 Å². The molecule has 1 unspecified atom stereocenters. The van der Waals surface area contributed by atoms with Gasteiger partial charge in [0.05, 0.1) is 29.4 Å². The number of benzene rings is 2. The van der Waals surface area contributed by atoms with E-state index in [1.807, 2.05) is 54.6 Å². The minimum atomic E-state index is -0.233. The average Bonchev–Trinajstić information content (AvgIpc) is 3.28. The quantitative estimate of drug-likeness (QED) is 0.290. The summed E-state index contributed by atoms with van der Waals surface area (Å²) >= 11 is 1.56. The van der Waals surface area contributed by atoms with Gasteiger partial charge in [-0.25, -0.2) is 4.98 Å². The maximum Gasteiger partial charge on any atom is 0.257 e. The number of nitrogens with zero attached hydrogens (tertiary/aromatic N) is 2. The Morgan fingerprint density at radius 1 is 1.22 bits per heavy atom. The first-order valence-electron chi connectivity index (χ1n) is 12.7. The minimum Gasteiger partial charge on any atom is -0.497 e. The normalized spacial score (nSPS) is 15.2. The molecule has 188 valence electrons. The summed E-state index contributed by atoms with van der Waals surface area (Å²) in [5.74, 6) is 1.07. The van der Waals surface area contributed by atoms with Crippen LogP contribution in [-0.4, -0.2) is 18.0 Å². The first-order valence-corrected chi connectivity index (χ1v) is 13.6. The van der Waals surface area contributed by atoms with E-state index < -0.39 is 0 Å². The Bertz CT molecular complexity index is 1530. The third kappa shape index (κ3) is 4.72. The number of anilines is 1. The molecule has 0 spiro atoms. The van der Waals surface area contributed by atoms with Crippen LogP contribution in [-0.2, 0) is 12.8 Å². The number of carbonyl (C=O) groups is 1. The molecule has 5 nitrogen and oxygen atoms in total.